The second kappa shape index (κ2) is 32.7. The molecule has 0 spiro atoms. The van der Waals surface area contributed by atoms with E-state index in [0.29, 0.717) is 10.5 Å². The molecule has 0 fully saturated rings. The monoisotopic (exact) mass is 502 g/mol. The van der Waals surface area contributed by atoms with Crippen LogP contribution in [0.4, 0.5) is 0 Å². The van der Waals surface area contributed by atoms with Crippen LogP contribution in [0.2, 0.25) is 0 Å². The van der Waals surface area contributed by atoms with Gasteiger partial charge in [0.05, 0.1) is 0 Å². The predicted molar refractivity (Wildman–Crippen MR) is 164 cm³/mol. The van der Waals surface area contributed by atoms with Crippen LogP contribution in [0.15, 0.2) is 0 Å². The summed E-state index contributed by atoms with van der Waals surface area (Å²) in [6.45, 7) is 9.10. The molecule has 0 saturated carbocycles. The Hall–Kier alpha value is 0.700. The standard InChI is InChI=1S/C16H34S.C15H32S/c1-3-5-7-9-10-11-13-15-16(17)14-12-8-6-4-2;1-3-5-7-8-9-10-12-14-15(16)13-11-6-4-2/h16-17H,3-15H2,1-2H3;15-16H,3-14H2,1-2H3. The zero-order valence-corrected chi connectivity index (χ0v) is 25.5. The van der Waals surface area contributed by atoms with Gasteiger partial charge in [-0.3, -0.25) is 0 Å². The molecule has 0 aromatic carbocycles. The summed E-state index contributed by atoms with van der Waals surface area (Å²) in [4.78, 5) is 0. The molecule has 0 heterocycles. The average Bonchev–Trinajstić information content (AvgIpc) is 2.81. The van der Waals surface area contributed by atoms with Crippen molar-refractivity contribution in [1.29, 1.82) is 0 Å². The zero-order valence-electron chi connectivity index (χ0n) is 23.7. The molecule has 0 amide bonds. The lowest BCUT2D eigenvalue weighted by Crippen LogP contribution is -1.98. The van der Waals surface area contributed by atoms with Gasteiger partial charge in [0.25, 0.3) is 0 Å². The van der Waals surface area contributed by atoms with E-state index >= 15 is 0 Å². The summed E-state index contributed by atoms with van der Waals surface area (Å²) in [7, 11) is 0. The summed E-state index contributed by atoms with van der Waals surface area (Å²) in [5, 5.41) is 1.34. The molecule has 2 atom stereocenters. The van der Waals surface area contributed by atoms with Crippen LogP contribution in [-0.4, -0.2) is 10.5 Å². The van der Waals surface area contributed by atoms with Crippen LogP contribution < -0.4 is 0 Å². The van der Waals surface area contributed by atoms with Crippen molar-refractivity contribution in [3.8, 4) is 0 Å². The van der Waals surface area contributed by atoms with Gasteiger partial charge in [-0.25, -0.2) is 0 Å². The Kier molecular flexibility index (Phi) is 35.5. The molecule has 0 saturated heterocycles. The quantitative estimate of drug-likeness (QED) is 0.0899. The normalized spacial score (nSPS) is 12.9. The minimum absolute atomic E-state index is 0.669. The van der Waals surface area contributed by atoms with Crippen LogP contribution in [0, 0.1) is 0 Å². The minimum Gasteiger partial charge on any atom is -0.176 e. The van der Waals surface area contributed by atoms with Crippen LogP contribution >= 0.6 is 25.3 Å². The number of hydrogen-bond acceptors (Lipinski definition) is 2. The van der Waals surface area contributed by atoms with Gasteiger partial charge >= 0.3 is 0 Å². The van der Waals surface area contributed by atoms with Crippen molar-refractivity contribution >= 4 is 25.3 Å². The molecule has 0 bridgehead atoms. The van der Waals surface area contributed by atoms with Gasteiger partial charge in [-0.1, -0.05) is 163 Å². The first kappa shape index (κ1) is 35.9. The summed E-state index contributed by atoms with van der Waals surface area (Å²) < 4.78 is 0. The van der Waals surface area contributed by atoms with Crippen molar-refractivity contribution in [3.63, 3.8) is 0 Å². The molecule has 2 unspecified atom stereocenters. The van der Waals surface area contributed by atoms with E-state index in [9.17, 15) is 0 Å². The lowest BCUT2D eigenvalue weighted by Gasteiger charge is -2.10. The molecule has 0 aliphatic rings. The maximum Gasteiger partial charge on any atom is 0.00168 e. The molecule has 0 aromatic heterocycles. The van der Waals surface area contributed by atoms with Crippen LogP contribution in [-0.2, 0) is 0 Å². The highest BCUT2D eigenvalue weighted by Crippen LogP contribution is 2.18. The molecular weight excluding hydrogens is 436 g/mol. The fourth-order valence-corrected chi connectivity index (χ4v) is 5.13. The van der Waals surface area contributed by atoms with Crippen molar-refractivity contribution in [2.75, 3.05) is 0 Å². The van der Waals surface area contributed by atoms with Crippen LogP contribution in [0.1, 0.15) is 188 Å². The Balaban J connectivity index is 0. The lowest BCUT2D eigenvalue weighted by atomic mass is 10.0. The number of thiol groups is 2. The maximum absolute atomic E-state index is 4.69. The Morgan fingerprint density at radius 3 is 0.788 bits per heavy atom. The predicted octanol–water partition coefficient (Wildman–Crippen LogP) is 12.4. The highest BCUT2D eigenvalue weighted by Gasteiger charge is 2.03. The molecule has 33 heavy (non-hydrogen) atoms. The second-order valence-corrected chi connectivity index (χ2v) is 11.9. The molecule has 0 aromatic rings. The molecule has 0 radical (unpaired) electrons. The van der Waals surface area contributed by atoms with Gasteiger partial charge in [0, 0.05) is 10.5 Å². The molecular formula is C31H66S2. The van der Waals surface area contributed by atoms with Crippen molar-refractivity contribution in [3.05, 3.63) is 0 Å². The highest BCUT2D eigenvalue weighted by atomic mass is 32.1. The molecule has 0 rings (SSSR count). The minimum atomic E-state index is 0.669. The SMILES string of the molecule is CCCCCCCCCC(S)CCCCC.CCCCCCCCCC(S)CCCCCC. The van der Waals surface area contributed by atoms with E-state index in [1.54, 1.807) is 0 Å². The molecule has 0 N–H and O–H groups in total. The molecule has 0 aliphatic carbocycles. The fraction of sp³-hybridized carbons (Fsp3) is 1.00. The van der Waals surface area contributed by atoms with Crippen molar-refractivity contribution in [2.24, 2.45) is 0 Å². The molecule has 0 aliphatic heterocycles. The number of unbranched alkanes of at least 4 members (excludes halogenated alkanes) is 17. The van der Waals surface area contributed by atoms with E-state index in [1.807, 2.05) is 0 Å². The Labute approximate surface area is 223 Å². The maximum atomic E-state index is 4.69. The van der Waals surface area contributed by atoms with Gasteiger partial charge in [0.2, 0.25) is 0 Å². The number of hydrogen-bond donors (Lipinski definition) is 2. The van der Waals surface area contributed by atoms with Crippen molar-refractivity contribution in [1.82, 2.24) is 0 Å². The van der Waals surface area contributed by atoms with Gasteiger partial charge in [0.15, 0.2) is 0 Å². The van der Waals surface area contributed by atoms with E-state index < -0.39 is 0 Å². The van der Waals surface area contributed by atoms with Crippen molar-refractivity contribution in [2.45, 2.75) is 199 Å². The van der Waals surface area contributed by atoms with Crippen LogP contribution in [0.3, 0.4) is 0 Å². The number of rotatable bonds is 25. The smallest absolute Gasteiger partial charge is 0.00168 e. The van der Waals surface area contributed by atoms with Crippen LogP contribution in [0.5, 0.6) is 0 Å². The largest absolute Gasteiger partial charge is 0.176 e. The van der Waals surface area contributed by atoms with Crippen molar-refractivity contribution < 1.29 is 0 Å². The van der Waals surface area contributed by atoms with Gasteiger partial charge in [-0.2, -0.15) is 25.3 Å². The summed E-state index contributed by atoms with van der Waals surface area (Å²) in [6.07, 6.45) is 34.8. The summed E-state index contributed by atoms with van der Waals surface area (Å²) in [5.74, 6) is 0. The second-order valence-electron chi connectivity index (χ2n) is 10.5. The Morgan fingerprint density at radius 1 is 0.303 bits per heavy atom. The van der Waals surface area contributed by atoms with Crippen LogP contribution in [0.25, 0.3) is 0 Å². The summed E-state index contributed by atoms with van der Waals surface area (Å²) in [5.41, 5.74) is 0. The van der Waals surface area contributed by atoms with E-state index in [0.717, 1.165) is 0 Å². The molecule has 202 valence electrons. The molecule has 0 nitrogen and oxygen atoms in total. The Morgan fingerprint density at radius 2 is 0.485 bits per heavy atom. The zero-order chi connectivity index (χ0) is 24.8. The Bertz CT molecular complexity index is 318. The average molecular weight is 503 g/mol. The van der Waals surface area contributed by atoms with Gasteiger partial charge in [-0.15, -0.1) is 0 Å². The first-order chi connectivity index (χ1) is 16.1. The highest BCUT2D eigenvalue weighted by molar-refractivity contribution is 7.81. The first-order valence-corrected chi connectivity index (χ1v) is 16.5. The topological polar surface area (TPSA) is 0 Å². The van der Waals surface area contributed by atoms with Gasteiger partial charge < -0.3 is 0 Å². The van der Waals surface area contributed by atoms with E-state index in [1.165, 1.54) is 161 Å². The third-order valence-corrected chi connectivity index (χ3v) is 7.85. The van der Waals surface area contributed by atoms with E-state index in [2.05, 4.69) is 40.3 Å². The van der Waals surface area contributed by atoms with E-state index in [-0.39, 0.29) is 0 Å². The lowest BCUT2D eigenvalue weighted by molar-refractivity contribution is 0.547. The van der Waals surface area contributed by atoms with E-state index in [4.69, 9.17) is 12.6 Å². The fourth-order valence-electron chi connectivity index (χ4n) is 4.40. The third kappa shape index (κ3) is 34.9. The molecule has 2 heteroatoms. The first-order valence-electron chi connectivity index (χ1n) is 15.5. The summed E-state index contributed by atoms with van der Waals surface area (Å²) in [6, 6.07) is 0. The van der Waals surface area contributed by atoms with Gasteiger partial charge in [-0.05, 0) is 25.7 Å². The van der Waals surface area contributed by atoms with Gasteiger partial charge in [0.1, 0.15) is 0 Å². The summed E-state index contributed by atoms with van der Waals surface area (Å²) >= 11 is 9.35. The third-order valence-electron chi connectivity index (χ3n) is 6.81.